The molecule has 6 nitrogen and oxygen atoms in total. The molecule has 2 fully saturated rings. The van der Waals surface area contributed by atoms with Gasteiger partial charge in [0.05, 0.1) is 6.10 Å². The van der Waals surface area contributed by atoms with Crippen molar-refractivity contribution >= 4 is 10.2 Å². The Balaban J connectivity index is 1.67. The van der Waals surface area contributed by atoms with Crippen LogP contribution in [0.1, 0.15) is 46.0 Å². The summed E-state index contributed by atoms with van der Waals surface area (Å²) in [6.07, 6.45) is 4.30. The van der Waals surface area contributed by atoms with Crippen LogP contribution in [-0.4, -0.2) is 68.1 Å². The van der Waals surface area contributed by atoms with Gasteiger partial charge in [0.15, 0.2) is 0 Å². The Bertz CT molecular complexity index is 443. The number of β-amino-alcohol motifs (C(OH)–C–C–N with tert-alkyl or cyclic N) is 1. The lowest BCUT2D eigenvalue weighted by molar-refractivity contribution is 0.0703. The summed E-state index contributed by atoms with van der Waals surface area (Å²) >= 11 is 0. The Labute approximate surface area is 135 Å². The van der Waals surface area contributed by atoms with Crippen molar-refractivity contribution in [3.05, 3.63) is 0 Å². The maximum absolute atomic E-state index is 12.3. The number of likely N-dealkylation sites (tertiary alicyclic amines) is 1. The Morgan fingerprint density at radius 1 is 1.23 bits per heavy atom. The predicted molar refractivity (Wildman–Crippen MR) is 87.8 cm³/mol. The fraction of sp³-hybridized carbons (Fsp3) is 1.00. The molecule has 0 aromatic rings. The molecule has 0 spiro atoms. The minimum atomic E-state index is -3.33. The summed E-state index contributed by atoms with van der Waals surface area (Å²) in [7, 11) is -3.33. The summed E-state index contributed by atoms with van der Waals surface area (Å²) in [5.74, 6) is 0. The maximum Gasteiger partial charge on any atom is 0.279 e. The summed E-state index contributed by atoms with van der Waals surface area (Å²) in [5.41, 5.74) is 0.251. The van der Waals surface area contributed by atoms with Crippen LogP contribution in [-0.2, 0) is 10.2 Å². The van der Waals surface area contributed by atoms with Crippen molar-refractivity contribution in [2.45, 2.75) is 52.1 Å². The van der Waals surface area contributed by atoms with Crippen LogP contribution in [0, 0.1) is 5.41 Å². The van der Waals surface area contributed by atoms with Crippen LogP contribution < -0.4 is 4.72 Å². The summed E-state index contributed by atoms with van der Waals surface area (Å²) in [4.78, 5) is 2.21. The molecule has 0 amide bonds. The van der Waals surface area contributed by atoms with E-state index in [0.717, 1.165) is 45.2 Å². The van der Waals surface area contributed by atoms with E-state index in [0.29, 0.717) is 26.2 Å². The molecule has 1 atom stereocenters. The zero-order valence-electron chi connectivity index (χ0n) is 13.9. The first-order valence-corrected chi connectivity index (χ1v) is 9.88. The van der Waals surface area contributed by atoms with E-state index in [1.54, 1.807) is 4.31 Å². The van der Waals surface area contributed by atoms with Gasteiger partial charge in [0.1, 0.15) is 0 Å². The average Bonchev–Trinajstić information content (AvgIpc) is 2.43. The molecule has 0 aromatic heterocycles. The Morgan fingerprint density at radius 2 is 1.91 bits per heavy atom. The number of nitrogens with zero attached hydrogens (tertiary/aromatic N) is 2. The van der Waals surface area contributed by atoms with E-state index in [4.69, 9.17) is 0 Å². The van der Waals surface area contributed by atoms with Crippen LogP contribution in [0.5, 0.6) is 0 Å². The quantitative estimate of drug-likeness (QED) is 0.705. The van der Waals surface area contributed by atoms with Gasteiger partial charge in [0, 0.05) is 26.2 Å². The summed E-state index contributed by atoms with van der Waals surface area (Å²) in [6, 6.07) is 0. The smallest absolute Gasteiger partial charge is 0.279 e. The number of aliphatic hydroxyl groups is 1. The van der Waals surface area contributed by atoms with Crippen molar-refractivity contribution in [1.29, 1.82) is 0 Å². The molecule has 2 heterocycles. The van der Waals surface area contributed by atoms with Crippen molar-refractivity contribution in [2.75, 3.05) is 39.3 Å². The van der Waals surface area contributed by atoms with Crippen molar-refractivity contribution < 1.29 is 13.5 Å². The maximum atomic E-state index is 12.3. The third kappa shape index (κ3) is 5.45. The highest BCUT2D eigenvalue weighted by molar-refractivity contribution is 7.87. The largest absolute Gasteiger partial charge is 0.392 e. The van der Waals surface area contributed by atoms with Gasteiger partial charge in [0.2, 0.25) is 0 Å². The number of nitrogens with one attached hydrogen (secondary N) is 1. The van der Waals surface area contributed by atoms with Crippen LogP contribution in [0.25, 0.3) is 0 Å². The van der Waals surface area contributed by atoms with E-state index in [-0.39, 0.29) is 11.5 Å². The van der Waals surface area contributed by atoms with Crippen LogP contribution in [0.3, 0.4) is 0 Å². The van der Waals surface area contributed by atoms with Gasteiger partial charge in [-0.1, -0.05) is 13.8 Å². The van der Waals surface area contributed by atoms with Gasteiger partial charge >= 0.3 is 0 Å². The third-order valence-corrected chi connectivity index (χ3v) is 6.45. The lowest BCUT2D eigenvalue weighted by Crippen LogP contribution is -2.47. The summed E-state index contributed by atoms with van der Waals surface area (Å²) < 4.78 is 28.8. The van der Waals surface area contributed by atoms with Gasteiger partial charge in [-0.25, -0.2) is 4.72 Å². The normalized spacial score (nSPS) is 27.9. The molecule has 0 bridgehead atoms. The van der Waals surface area contributed by atoms with Crippen LogP contribution in [0.15, 0.2) is 0 Å². The van der Waals surface area contributed by atoms with E-state index in [1.165, 1.54) is 0 Å². The average molecular weight is 333 g/mol. The molecule has 130 valence electrons. The van der Waals surface area contributed by atoms with E-state index in [9.17, 15) is 13.5 Å². The van der Waals surface area contributed by atoms with E-state index in [1.807, 2.05) is 0 Å². The number of hydrogen-bond donors (Lipinski definition) is 2. The third-order valence-electron chi connectivity index (χ3n) is 4.83. The van der Waals surface area contributed by atoms with Gasteiger partial charge in [-0.2, -0.15) is 12.7 Å². The number of rotatable bonds is 6. The zero-order valence-corrected chi connectivity index (χ0v) is 14.7. The molecule has 1 unspecified atom stereocenters. The molecule has 2 N–H and O–H groups in total. The molecule has 7 heteroatoms. The molecular formula is C15H31N3O3S. The number of hydrogen-bond acceptors (Lipinski definition) is 4. The highest BCUT2D eigenvalue weighted by Gasteiger charge is 2.31. The molecule has 22 heavy (non-hydrogen) atoms. The lowest BCUT2D eigenvalue weighted by atomic mass is 9.83. The van der Waals surface area contributed by atoms with Crippen molar-refractivity contribution in [3.63, 3.8) is 0 Å². The van der Waals surface area contributed by atoms with Gasteiger partial charge in [-0.05, 0) is 50.6 Å². The van der Waals surface area contributed by atoms with Gasteiger partial charge in [-0.3, -0.25) is 0 Å². The second-order valence-electron chi connectivity index (χ2n) is 7.41. The number of piperidine rings is 2. The minimum Gasteiger partial charge on any atom is -0.392 e. The van der Waals surface area contributed by atoms with Gasteiger partial charge in [0.25, 0.3) is 10.2 Å². The predicted octanol–water partition coefficient (Wildman–Crippen LogP) is 0.790. The van der Waals surface area contributed by atoms with Gasteiger partial charge < -0.3 is 10.0 Å². The van der Waals surface area contributed by atoms with Crippen molar-refractivity contribution in [2.24, 2.45) is 5.41 Å². The molecule has 2 aliphatic heterocycles. The van der Waals surface area contributed by atoms with Gasteiger partial charge in [-0.15, -0.1) is 0 Å². The fourth-order valence-corrected chi connectivity index (χ4v) is 4.41. The lowest BCUT2D eigenvalue weighted by Gasteiger charge is -2.36. The fourth-order valence-electron chi connectivity index (χ4n) is 3.16. The van der Waals surface area contributed by atoms with E-state index >= 15 is 0 Å². The minimum absolute atomic E-state index is 0.220. The van der Waals surface area contributed by atoms with Crippen LogP contribution in [0.4, 0.5) is 0 Å². The molecule has 0 saturated carbocycles. The molecular weight excluding hydrogens is 302 g/mol. The first kappa shape index (κ1) is 18.1. The summed E-state index contributed by atoms with van der Waals surface area (Å²) in [5, 5.41) is 9.62. The Morgan fingerprint density at radius 3 is 2.55 bits per heavy atom. The van der Waals surface area contributed by atoms with Crippen molar-refractivity contribution in [1.82, 2.24) is 13.9 Å². The monoisotopic (exact) mass is 333 g/mol. The highest BCUT2D eigenvalue weighted by Crippen LogP contribution is 2.30. The number of aliphatic hydroxyl groups excluding tert-OH is 1. The second-order valence-corrected chi connectivity index (χ2v) is 9.17. The van der Waals surface area contributed by atoms with E-state index in [2.05, 4.69) is 23.5 Å². The Hall–Kier alpha value is -0.210. The van der Waals surface area contributed by atoms with Crippen LogP contribution >= 0.6 is 0 Å². The molecule has 2 aliphatic rings. The molecule has 0 radical (unpaired) electrons. The zero-order chi connectivity index (χ0) is 16.2. The Kier molecular flexibility index (Phi) is 6.24. The topological polar surface area (TPSA) is 72.9 Å². The van der Waals surface area contributed by atoms with Crippen molar-refractivity contribution in [3.8, 4) is 0 Å². The summed E-state index contributed by atoms with van der Waals surface area (Å²) in [6.45, 7) is 8.64. The molecule has 0 aromatic carbocycles. The van der Waals surface area contributed by atoms with E-state index < -0.39 is 10.2 Å². The highest BCUT2D eigenvalue weighted by atomic mass is 32.2. The SMILES string of the molecule is CC1(C)CCN(S(=O)(=O)NCCCN2CCCC(O)C2)CC1. The second kappa shape index (κ2) is 7.57. The molecule has 2 saturated heterocycles. The molecule has 2 rings (SSSR count). The standard InChI is InChI=1S/C15H31N3O3S/c1-15(2)6-11-18(12-7-15)22(20,21)16-8-4-10-17-9-3-5-14(19)13-17/h14,16,19H,3-13H2,1-2H3. The van der Waals surface area contributed by atoms with Crippen LogP contribution in [0.2, 0.25) is 0 Å². The first-order chi connectivity index (χ1) is 10.3. The first-order valence-electron chi connectivity index (χ1n) is 8.44. The molecule has 0 aliphatic carbocycles.